The summed E-state index contributed by atoms with van der Waals surface area (Å²) in [5.74, 6) is -0.270. The lowest BCUT2D eigenvalue weighted by atomic mass is 10.1. The zero-order valence-electron chi connectivity index (χ0n) is 13.0. The number of ether oxygens (including phenoxy) is 1. The van der Waals surface area contributed by atoms with E-state index in [1.807, 2.05) is 33.2 Å². The maximum Gasteiger partial charge on any atom is 0.345 e. The lowest BCUT2D eigenvalue weighted by Crippen LogP contribution is -2.21. The van der Waals surface area contributed by atoms with Crippen molar-refractivity contribution in [2.75, 3.05) is 6.61 Å². The van der Waals surface area contributed by atoms with Gasteiger partial charge in [0.15, 0.2) is 0 Å². The number of nitrogens with zero attached hydrogens (tertiary/aromatic N) is 3. The number of aryl methyl sites for hydroxylation is 2. The van der Waals surface area contributed by atoms with E-state index in [9.17, 15) is 9.59 Å². The van der Waals surface area contributed by atoms with Crippen molar-refractivity contribution in [2.24, 2.45) is 7.05 Å². The van der Waals surface area contributed by atoms with Crippen LogP contribution in [0.15, 0.2) is 17.2 Å². The molecule has 2 heterocycles. The van der Waals surface area contributed by atoms with Gasteiger partial charge in [-0.2, -0.15) is 5.10 Å². The van der Waals surface area contributed by atoms with Crippen LogP contribution in [0, 0.1) is 6.92 Å². The second kappa shape index (κ2) is 6.38. The van der Waals surface area contributed by atoms with Crippen molar-refractivity contribution in [3.63, 3.8) is 0 Å². The van der Waals surface area contributed by atoms with Crippen molar-refractivity contribution < 1.29 is 9.53 Å². The number of hydrogen-bond donors (Lipinski definition) is 1. The Balaban J connectivity index is 2.33. The van der Waals surface area contributed by atoms with Crippen molar-refractivity contribution in [1.82, 2.24) is 19.7 Å². The Morgan fingerprint density at radius 1 is 1.50 bits per heavy atom. The van der Waals surface area contributed by atoms with Crippen LogP contribution in [0.1, 0.15) is 41.3 Å². The van der Waals surface area contributed by atoms with Gasteiger partial charge in [0.25, 0.3) is 5.56 Å². The molecule has 1 N–H and O–H groups in total. The highest BCUT2D eigenvalue weighted by Crippen LogP contribution is 2.15. The van der Waals surface area contributed by atoms with Crippen molar-refractivity contribution in [3.05, 3.63) is 45.4 Å². The molecule has 0 saturated carbocycles. The molecule has 0 aliphatic carbocycles. The third kappa shape index (κ3) is 3.30. The quantitative estimate of drug-likeness (QED) is 0.865. The molecule has 116 valence electrons. The first-order valence-corrected chi connectivity index (χ1v) is 6.87. The monoisotopic (exact) mass is 302 g/mol. The molecule has 7 nitrogen and oxygen atoms in total. The largest absolute Gasteiger partial charge is 0.462 e. The Morgan fingerprint density at radius 2 is 2.23 bits per heavy atom. The van der Waals surface area contributed by atoms with Gasteiger partial charge in [0.1, 0.15) is 11.4 Å². The van der Waals surface area contributed by atoms with Crippen LogP contribution in [0.3, 0.4) is 0 Å². The van der Waals surface area contributed by atoms with E-state index in [0.29, 0.717) is 5.82 Å². The highest BCUT2D eigenvalue weighted by molar-refractivity contribution is 5.88. The first-order chi connectivity index (χ1) is 10.4. The number of carbonyl (C=O) groups is 1. The van der Waals surface area contributed by atoms with Crippen LogP contribution in [0.25, 0.3) is 11.6 Å². The molecule has 0 amide bonds. The zero-order chi connectivity index (χ0) is 16.3. The summed E-state index contributed by atoms with van der Waals surface area (Å²) in [6.45, 7) is 5.62. The smallest absolute Gasteiger partial charge is 0.345 e. The molecule has 22 heavy (non-hydrogen) atoms. The maximum absolute atomic E-state index is 11.9. The Hall–Kier alpha value is -2.70. The summed E-state index contributed by atoms with van der Waals surface area (Å²) in [5, 5.41) is 4.25. The fraction of sp³-hybridized carbons (Fsp3) is 0.333. The van der Waals surface area contributed by atoms with Crippen molar-refractivity contribution in [3.8, 4) is 0 Å². The zero-order valence-corrected chi connectivity index (χ0v) is 13.0. The number of allylic oxidation sites excluding steroid dienone is 1. The van der Waals surface area contributed by atoms with Crippen molar-refractivity contribution >= 4 is 17.6 Å². The molecule has 2 aromatic heterocycles. The van der Waals surface area contributed by atoms with Crippen LogP contribution in [-0.2, 0) is 11.8 Å². The topological polar surface area (TPSA) is 89.9 Å². The van der Waals surface area contributed by atoms with Gasteiger partial charge in [-0.3, -0.25) is 9.48 Å². The van der Waals surface area contributed by atoms with E-state index in [4.69, 9.17) is 4.74 Å². The second-order valence-corrected chi connectivity index (χ2v) is 4.87. The SMILES string of the molecule is CCOC(=O)c1cnc(C(C)=Cc2cn(C)nc2C)[nH]c1=O. The van der Waals surface area contributed by atoms with Gasteiger partial charge in [-0.15, -0.1) is 0 Å². The van der Waals surface area contributed by atoms with Gasteiger partial charge in [0.2, 0.25) is 0 Å². The molecule has 2 aromatic rings. The highest BCUT2D eigenvalue weighted by atomic mass is 16.5. The summed E-state index contributed by atoms with van der Waals surface area (Å²) in [7, 11) is 1.84. The molecule has 0 saturated heterocycles. The highest BCUT2D eigenvalue weighted by Gasteiger charge is 2.13. The van der Waals surface area contributed by atoms with Gasteiger partial charge in [-0.1, -0.05) is 0 Å². The normalized spacial score (nSPS) is 11.5. The van der Waals surface area contributed by atoms with E-state index in [1.54, 1.807) is 11.6 Å². The maximum atomic E-state index is 11.9. The van der Waals surface area contributed by atoms with Crippen LogP contribution in [0.2, 0.25) is 0 Å². The summed E-state index contributed by atoms with van der Waals surface area (Å²) in [5.41, 5.74) is 1.98. The molecule has 0 aliphatic heterocycles. The summed E-state index contributed by atoms with van der Waals surface area (Å²) in [4.78, 5) is 30.2. The minimum absolute atomic E-state index is 0.101. The lowest BCUT2D eigenvalue weighted by Gasteiger charge is -2.03. The van der Waals surface area contributed by atoms with E-state index in [0.717, 1.165) is 16.8 Å². The number of H-pyrrole nitrogens is 1. The Morgan fingerprint density at radius 3 is 2.77 bits per heavy atom. The number of carbonyl (C=O) groups excluding carboxylic acids is 1. The molecular formula is C15H18N4O3. The average molecular weight is 302 g/mol. The van der Waals surface area contributed by atoms with E-state index >= 15 is 0 Å². The number of aromatic nitrogens is 4. The molecule has 7 heteroatoms. The fourth-order valence-electron chi connectivity index (χ4n) is 2.01. The summed E-state index contributed by atoms with van der Waals surface area (Å²) >= 11 is 0. The Bertz CT molecular complexity index is 786. The van der Waals surface area contributed by atoms with Gasteiger partial charge in [-0.05, 0) is 32.4 Å². The van der Waals surface area contributed by atoms with Gasteiger partial charge in [-0.25, -0.2) is 9.78 Å². The molecule has 0 atom stereocenters. The van der Waals surface area contributed by atoms with Crippen LogP contribution in [-0.4, -0.2) is 32.3 Å². The van der Waals surface area contributed by atoms with Gasteiger partial charge in [0.05, 0.1) is 12.3 Å². The minimum Gasteiger partial charge on any atom is -0.462 e. The minimum atomic E-state index is -0.674. The lowest BCUT2D eigenvalue weighted by molar-refractivity contribution is 0.0523. The van der Waals surface area contributed by atoms with Crippen LogP contribution in [0.4, 0.5) is 0 Å². The van der Waals surface area contributed by atoms with Crippen LogP contribution < -0.4 is 5.56 Å². The molecule has 0 radical (unpaired) electrons. The third-order valence-electron chi connectivity index (χ3n) is 3.09. The number of hydrogen-bond acceptors (Lipinski definition) is 5. The predicted molar refractivity (Wildman–Crippen MR) is 82.3 cm³/mol. The van der Waals surface area contributed by atoms with E-state index in [2.05, 4.69) is 15.1 Å². The number of rotatable bonds is 4. The number of aromatic amines is 1. The van der Waals surface area contributed by atoms with E-state index < -0.39 is 11.5 Å². The third-order valence-corrected chi connectivity index (χ3v) is 3.09. The molecular weight excluding hydrogens is 284 g/mol. The molecule has 0 spiro atoms. The fourth-order valence-corrected chi connectivity index (χ4v) is 2.01. The van der Waals surface area contributed by atoms with E-state index in [-0.39, 0.29) is 12.2 Å². The van der Waals surface area contributed by atoms with Gasteiger partial charge in [0, 0.05) is 25.0 Å². The average Bonchev–Trinajstić information content (AvgIpc) is 2.76. The first kappa shape index (κ1) is 15.7. The Labute approximate surface area is 127 Å². The Kier molecular flexibility index (Phi) is 4.55. The summed E-state index contributed by atoms with van der Waals surface area (Å²) in [6.07, 6.45) is 4.99. The molecule has 0 aromatic carbocycles. The second-order valence-electron chi connectivity index (χ2n) is 4.87. The standard InChI is InChI=1S/C15H18N4O3/c1-5-22-15(21)12-7-16-13(17-14(12)20)9(2)6-11-8-19(4)18-10(11)3/h6-8H,5H2,1-4H3,(H,16,17,20). The molecule has 2 rings (SSSR count). The molecule has 0 aliphatic rings. The van der Waals surface area contributed by atoms with E-state index in [1.165, 1.54) is 6.20 Å². The number of esters is 1. The first-order valence-electron chi connectivity index (χ1n) is 6.87. The molecule has 0 bridgehead atoms. The molecule has 0 unspecified atom stereocenters. The van der Waals surface area contributed by atoms with Crippen LogP contribution >= 0.6 is 0 Å². The predicted octanol–water partition coefficient (Wildman–Crippen LogP) is 1.55. The molecule has 0 fully saturated rings. The summed E-state index contributed by atoms with van der Waals surface area (Å²) in [6, 6.07) is 0. The van der Waals surface area contributed by atoms with Crippen LogP contribution in [0.5, 0.6) is 0 Å². The number of nitrogens with one attached hydrogen (secondary N) is 1. The summed E-state index contributed by atoms with van der Waals surface area (Å²) < 4.78 is 6.52. The van der Waals surface area contributed by atoms with Crippen molar-refractivity contribution in [2.45, 2.75) is 20.8 Å². The van der Waals surface area contributed by atoms with Gasteiger partial charge < -0.3 is 9.72 Å². The van der Waals surface area contributed by atoms with Crippen molar-refractivity contribution in [1.29, 1.82) is 0 Å². The van der Waals surface area contributed by atoms with Gasteiger partial charge >= 0.3 is 5.97 Å².